The van der Waals surface area contributed by atoms with Gasteiger partial charge in [-0.25, -0.2) is 4.39 Å². The molecule has 2 N–H and O–H groups in total. The lowest BCUT2D eigenvalue weighted by molar-refractivity contribution is 0.408. The zero-order chi connectivity index (χ0) is 14.8. The summed E-state index contributed by atoms with van der Waals surface area (Å²) in [4.78, 5) is 0. The van der Waals surface area contributed by atoms with Gasteiger partial charge in [-0.15, -0.1) is 0 Å². The molecular weight excluding hydrogens is 283 g/mol. The summed E-state index contributed by atoms with van der Waals surface area (Å²) in [5.74, 6) is 0.00122. The average molecular weight is 298 g/mol. The lowest BCUT2D eigenvalue weighted by Gasteiger charge is -2.07. The third kappa shape index (κ3) is 3.37. The van der Waals surface area contributed by atoms with Gasteiger partial charge >= 0.3 is 0 Å². The first-order chi connectivity index (χ1) is 9.40. The molecule has 0 saturated carbocycles. The summed E-state index contributed by atoms with van der Waals surface area (Å²) in [6.07, 6.45) is 0. The van der Waals surface area contributed by atoms with Crippen molar-refractivity contribution in [1.29, 1.82) is 0 Å². The molecule has 0 aliphatic carbocycles. The molecule has 0 spiro atoms. The molecule has 0 aliphatic heterocycles. The van der Waals surface area contributed by atoms with Crippen LogP contribution in [0.15, 0.2) is 39.8 Å². The molecule has 0 amide bonds. The Morgan fingerprint density at radius 1 is 1.25 bits per heavy atom. The molecule has 0 bridgehead atoms. The van der Waals surface area contributed by atoms with Crippen LogP contribution in [0.4, 0.5) is 10.1 Å². The number of rotatable bonds is 5. The first-order valence-electron chi connectivity index (χ1n) is 5.94. The highest BCUT2D eigenvalue weighted by Gasteiger charge is 2.19. The second-order valence-electron chi connectivity index (χ2n) is 4.37. The van der Waals surface area contributed by atoms with Crippen molar-refractivity contribution < 1.29 is 17.2 Å². The number of hydrogen-bond acceptors (Lipinski definition) is 4. The fourth-order valence-corrected chi connectivity index (χ4v) is 2.77. The molecule has 0 radical (unpaired) electrons. The van der Waals surface area contributed by atoms with Gasteiger partial charge in [-0.05, 0) is 49.9 Å². The number of benzene rings is 1. The molecule has 108 valence electrons. The van der Waals surface area contributed by atoms with Crippen molar-refractivity contribution in [1.82, 2.24) is 5.32 Å². The fraction of sp³-hybridized carbons (Fsp3) is 0.231. The molecule has 1 heterocycles. The van der Waals surface area contributed by atoms with Crippen molar-refractivity contribution in [2.45, 2.75) is 18.6 Å². The molecule has 1 aromatic heterocycles. The Bertz CT molecular complexity index is 690. The maximum absolute atomic E-state index is 13.2. The lowest BCUT2D eigenvalue weighted by Crippen LogP contribution is -2.12. The van der Waals surface area contributed by atoms with E-state index in [1.54, 1.807) is 20.0 Å². The predicted octanol–water partition coefficient (Wildman–Crippen LogP) is 2.25. The van der Waals surface area contributed by atoms with Crippen LogP contribution in [-0.4, -0.2) is 15.5 Å². The summed E-state index contributed by atoms with van der Waals surface area (Å²) in [5.41, 5.74) is 0.784. The highest BCUT2D eigenvalue weighted by atomic mass is 32.2. The van der Waals surface area contributed by atoms with E-state index in [0.717, 1.165) is 6.07 Å². The van der Waals surface area contributed by atoms with E-state index in [2.05, 4.69) is 10.0 Å². The fourth-order valence-electron chi connectivity index (χ4n) is 1.77. The maximum Gasteiger partial charge on any atom is 0.295 e. The topological polar surface area (TPSA) is 71.3 Å². The normalized spacial score (nSPS) is 11.6. The van der Waals surface area contributed by atoms with Crippen molar-refractivity contribution >= 4 is 15.7 Å². The van der Waals surface area contributed by atoms with Crippen LogP contribution in [0.1, 0.15) is 11.3 Å². The van der Waals surface area contributed by atoms with Gasteiger partial charge in [-0.3, -0.25) is 4.72 Å². The predicted molar refractivity (Wildman–Crippen MR) is 73.4 cm³/mol. The Hall–Kier alpha value is -1.86. The molecule has 2 aromatic rings. The van der Waals surface area contributed by atoms with Crippen molar-refractivity contribution in [2.75, 3.05) is 11.8 Å². The molecule has 1 aromatic carbocycles. The number of furan rings is 1. The first-order valence-corrected chi connectivity index (χ1v) is 7.42. The van der Waals surface area contributed by atoms with Crippen LogP contribution in [0.3, 0.4) is 0 Å². The van der Waals surface area contributed by atoms with E-state index >= 15 is 0 Å². The lowest BCUT2D eigenvalue weighted by atomic mass is 10.2. The van der Waals surface area contributed by atoms with Gasteiger partial charge in [0.2, 0.25) is 5.09 Å². The van der Waals surface area contributed by atoms with Crippen LogP contribution in [0.25, 0.3) is 0 Å². The smallest absolute Gasteiger partial charge is 0.295 e. The number of aryl methyl sites for hydroxylation is 1. The van der Waals surface area contributed by atoms with Crippen molar-refractivity contribution in [3.05, 3.63) is 47.5 Å². The first kappa shape index (κ1) is 14.5. The highest BCUT2D eigenvalue weighted by Crippen LogP contribution is 2.20. The Morgan fingerprint density at radius 2 is 2.00 bits per heavy atom. The summed E-state index contributed by atoms with van der Waals surface area (Å²) in [6.45, 7) is 2.10. The van der Waals surface area contributed by atoms with E-state index in [1.807, 2.05) is 0 Å². The Balaban J connectivity index is 2.25. The zero-order valence-corrected chi connectivity index (χ0v) is 11.9. The van der Waals surface area contributed by atoms with Crippen LogP contribution >= 0.6 is 0 Å². The van der Waals surface area contributed by atoms with Gasteiger partial charge in [-0.2, -0.15) is 8.42 Å². The van der Waals surface area contributed by atoms with Crippen LogP contribution in [-0.2, 0) is 16.6 Å². The van der Waals surface area contributed by atoms with Gasteiger partial charge in [0.25, 0.3) is 10.0 Å². The molecule has 0 unspecified atom stereocenters. The molecule has 0 atom stereocenters. The number of anilines is 1. The van der Waals surface area contributed by atoms with Gasteiger partial charge in [-0.1, -0.05) is 0 Å². The Labute approximate surface area is 116 Å². The molecule has 20 heavy (non-hydrogen) atoms. The number of sulfonamides is 1. The summed E-state index contributed by atoms with van der Waals surface area (Å²) < 4.78 is 44.9. The Kier molecular flexibility index (Phi) is 4.10. The minimum absolute atomic E-state index is 0.161. The van der Waals surface area contributed by atoms with E-state index in [1.165, 1.54) is 18.2 Å². The average Bonchev–Trinajstić information content (AvgIpc) is 2.76. The summed E-state index contributed by atoms with van der Waals surface area (Å²) in [6, 6.07) is 6.90. The van der Waals surface area contributed by atoms with Crippen molar-refractivity contribution in [3.63, 3.8) is 0 Å². The van der Waals surface area contributed by atoms with E-state index in [4.69, 9.17) is 4.42 Å². The molecular formula is C13H15FN2O3S. The second-order valence-corrected chi connectivity index (χ2v) is 5.99. The zero-order valence-electron chi connectivity index (χ0n) is 11.1. The third-order valence-corrected chi connectivity index (χ3v) is 3.80. The van der Waals surface area contributed by atoms with Gasteiger partial charge < -0.3 is 9.73 Å². The van der Waals surface area contributed by atoms with E-state index in [0.29, 0.717) is 17.9 Å². The van der Waals surface area contributed by atoms with Crippen molar-refractivity contribution in [3.8, 4) is 0 Å². The van der Waals surface area contributed by atoms with Crippen LogP contribution < -0.4 is 10.0 Å². The molecule has 5 nitrogen and oxygen atoms in total. The minimum atomic E-state index is -3.86. The third-order valence-electron chi connectivity index (χ3n) is 2.55. The highest BCUT2D eigenvalue weighted by molar-refractivity contribution is 7.92. The van der Waals surface area contributed by atoms with Gasteiger partial charge in [0.05, 0.1) is 12.2 Å². The monoisotopic (exact) mass is 298 g/mol. The standard InChI is InChI=1S/C13H15FN2O3S/c1-9-5-10(14)7-11(6-9)16-20(17,18)13-4-3-12(19-13)8-15-2/h3-7,15-16H,8H2,1-2H3. The molecule has 7 heteroatoms. The minimum Gasteiger partial charge on any atom is -0.446 e. The maximum atomic E-state index is 13.2. The van der Waals surface area contributed by atoms with Gasteiger partial charge in [0.15, 0.2) is 0 Å². The van der Waals surface area contributed by atoms with Gasteiger partial charge in [0, 0.05) is 0 Å². The van der Waals surface area contributed by atoms with Crippen LogP contribution in [0.2, 0.25) is 0 Å². The summed E-state index contributed by atoms with van der Waals surface area (Å²) in [7, 11) is -2.13. The quantitative estimate of drug-likeness (QED) is 0.888. The van der Waals surface area contributed by atoms with E-state index < -0.39 is 15.8 Å². The second kappa shape index (κ2) is 5.64. The SMILES string of the molecule is CNCc1ccc(S(=O)(=O)Nc2cc(C)cc(F)c2)o1. The van der Waals surface area contributed by atoms with E-state index in [-0.39, 0.29) is 10.8 Å². The molecule has 0 saturated heterocycles. The number of nitrogens with one attached hydrogen (secondary N) is 2. The Morgan fingerprint density at radius 3 is 2.65 bits per heavy atom. The summed E-state index contributed by atoms with van der Waals surface area (Å²) >= 11 is 0. The van der Waals surface area contributed by atoms with E-state index in [9.17, 15) is 12.8 Å². The van der Waals surface area contributed by atoms with Crippen LogP contribution in [0.5, 0.6) is 0 Å². The molecule has 0 fully saturated rings. The number of halogens is 1. The molecule has 2 rings (SSSR count). The largest absolute Gasteiger partial charge is 0.446 e. The summed E-state index contributed by atoms with van der Waals surface area (Å²) in [5, 5.41) is 2.65. The van der Waals surface area contributed by atoms with Crippen LogP contribution in [0, 0.1) is 12.7 Å². The van der Waals surface area contributed by atoms with Gasteiger partial charge in [0.1, 0.15) is 11.6 Å². The van der Waals surface area contributed by atoms with Crippen molar-refractivity contribution in [2.24, 2.45) is 0 Å². The number of hydrogen-bond donors (Lipinski definition) is 2. The molecule has 0 aliphatic rings.